The highest BCUT2D eigenvalue weighted by Crippen LogP contribution is 2.08. The second-order valence-corrected chi connectivity index (χ2v) is 3.62. The molecule has 0 saturated heterocycles. The lowest BCUT2D eigenvalue weighted by atomic mass is 10.1. The van der Waals surface area contributed by atoms with Gasteiger partial charge in [-0.2, -0.15) is 5.10 Å². The molecule has 0 unspecified atom stereocenters. The summed E-state index contributed by atoms with van der Waals surface area (Å²) >= 11 is 0. The molecule has 0 aliphatic heterocycles. The zero-order valence-electron chi connectivity index (χ0n) is 9.15. The van der Waals surface area contributed by atoms with Crippen LogP contribution in [0.25, 0.3) is 6.08 Å². The maximum atomic E-state index is 10.4. The molecule has 1 heterocycles. The molecule has 0 atom stereocenters. The number of benzene rings is 1. The van der Waals surface area contributed by atoms with Crippen LogP contribution in [0.15, 0.2) is 48.8 Å². The van der Waals surface area contributed by atoms with Crippen LogP contribution < -0.4 is 0 Å². The van der Waals surface area contributed by atoms with Crippen LogP contribution in [0.4, 0.5) is 0 Å². The molecule has 0 bridgehead atoms. The third-order valence-corrected chi connectivity index (χ3v) is 2.27. The first-order valence-corrected chi connectivity index (χ1v) is 5.21. The average Bonchev–Trinajstić information content (AvgIpc) is 2.80. The van der Waals surface area contributed by atoms with Gasteiger partial charge < -0.3 is 5.11 Å². The largest absolute Gasteiger partial charge is 0.478 e. The Kier molecular flexibility index (Phi) is 3.35. The molecule has 0 fully saturated rings. The van der Waals surface area contributed by atoms with Crippen molar-refractivity contribution in [2.24, 2.45) is 0 Å². The first kappa shape index (κ1) is 11.1. The molecule has 1 N–H and O–H groups in total. The van der Waals surface area contributed by atoms with E-state index in [4.69, 9.17) is 5.11 Å². The minimum Gasteiger partial charge on any atom is -0.478 e. The van der Waals surface area contributed by atoms with E-state index in [1.807, 2.05) is 41.2 Å². The molecule has 17 heavy (non-hydrogen) atoms. The van der Waals surface area contributed by atoms with Crippen molar-refractivity contribution in [2.75, 3.05) is 0 Å². The predicted octanol–water partition coefficient (Wildman–Crippen LogP) is 2.03. The van der Waals surface area contributed by atoms with Gasteiger partial charge in [0.25, 0.3) is 0 Å². The second kappa shape index (κ2) is 5.12. The molecule has 2 rings (SSSR count). The fourth-order valence-corrected chi connectivity index (χ4v) is 1.54. The van der Waals surface area contributed by atoms with Crippen molar-refractivity contribution in [1.29, 1.82) is 0 Å². The molecule has 4 nitrogen and oxygen atoms in total. The van der Waals surface area contributed by atoms with E-state index in [-0.39, 0.29) is 0 Å². The fourth-order valence-electron chi connectivity index (χ4n) is 1.54. The Balaban J connectivity index is 2.14. The molecule has 0 saturated carbocycles. The molecule has 4 heteroatoms. The van der Waals surface area contributed by atoms with Crippen molar-refractivity contribution < 1.29 is 9.90 Å². The van der Waals surface area contributed by atoms with Gasteiger partial charge in [0, 0.05) is 18.5 Å². The maximum absolute atomic E-state index is 10.4. The van der Waals surface area contributed by atoms with E-state index in [2.05, 4.69) is 5.10 Å². The summed E-state index contributed by atoms with van der Waals surface area (Å²) in [6.07, 6.45) is 6.33. The monoisotopic (exact) mass is 228 g/mol. The lowest BCUT2D eigenvalue weighted by molar-refractivity contribution is -0.131. The summed E-state index contributed by atoms with van der Waals surface area (Å²) in [5.74, 6) is -0.942. The number of aliphatic carboxylic acids is 1. The lowest BCUT2D eigenvalue weighted by Gasteiger charge is -2.02. The van der Waals surface area contributed by atoms with Gasteiger partial charge in [0.15, 0.2) is 0 Å². The highest BCUT2D eigenvalue weighted by Gasteiger charge is 1.96. The van der Waals surface area contributed by atoms with E-state index < -0.39 is 5.97 Å². The van der Waals surface area contributed by atoms with Gasteiger partial charge in [0.1, 0.15) is 0 Å². The number of nitrogens with zero attached hydrogens (tertiary/aromatic N) is 2. The van der Waals surface area contributed by atoms with Crippen LogP contribution in [0.5, 0.6) is 0 Å². The zero-order chi connectivity index (χ0) is 12.1. The van der Waals surface area contributed by atoms with Gasteiger partial charge in [-0.25, -0.2) is 4.79 Å². The summed E-state index contributed by atoms with van der Waals surface area (Å²) in [6, 6.07) is 9.57. The Bertz CT molecular complexity index is 530. The third-order valence-electron chi connectivity index (χ3n) is 2.27. The van der Waals surface area contributed by atoms with Gasteiger partial charge in [-0.05, 0) is 29.3 Å². The molecule has 0 aliphatic carbocycles. The number of rotatable bonds is 4. The minimum absolute atomic E-state index is 0.682. The van der Waals surface area contributed by atoms with Crippen LogP contribution in [0.3, 0.4) is 0 Å². The molecule has 0 radical (unpaired) electrons. The van der Waals surface area contributed by atoms with Gasteiger partial charge in [0.05, 0.1) is 6.54 Å². The summed E-state index contributed by atoms with van der Waals surface area (Å²) < 4.78 is 1.82. The average molecular weight is 228 g/mol. The SMILES string of the molecule is O=C(O)/C=C/c1cccc(Cn2cccn2)c1. The van der Waals surface area contributed by atoms with Crippen molar-refractivity contribution in [1.82, 2.24) is 9.78 Å². The highest BCUT2D eigenvalue weighted by molar-refractivity contribution is 5.85. The third kappa shape index (κ3) is 3.31. The first-order chi connectivity index (χ1) is 8.24. The molecule has 1 aromatic carbocycles. The van der Waals surface area contributed by atoms with Crippen LogP contribution in [-0.2, 0) is 11.3 Å². The molecular formula is C13H12N2O2. The van der Waals surface area contributed by atoms with Gasteiger partial charge >= 0.3 is 5.97 Å². The molecule has 2 aromatic rings. The molecule has 0 aliphatic rings. The number of carboxylic acids is 1. The van der Waals surface area contributed by atoms with Crippen LogP contribution >= 0.6 is 0 Å². The van der Waals surface area contributed by atoms with E-state index in [9.17, 15) is 4.79 Å². The molecule has 1 aromatic heterocycles. The topological polar surface area (TPSA) is 55.1 Å². The Hall–Kier alpha value is -2.36. The maximum Gasteiger partial charge on any atom is 0.328 e. The summed E-state index contributed by atoms with van der Waals surface area (Å²) in [5.41, 5.74) is 1.96. The van der Waals surface area contributed by atoms with Crippen molar-refractivity contribution in [3.63, 3.8) is 0 Å². The smallest absolute Gasteiger partial charge is 0.328 e. The van der Waals surface area contributed by atoms with Gasteiger partial charge in [-0.15, -0.1) is 0 Å². The Morgan fingerprint density at radius 1 is 1.41 bits per heavy atom. The molecule has 0 amide bonds. The summed E-state index contributed by atoms with van der Waals surface area (Å²) in [6.45, 7) is 0.682. The number of hydrogen-bond acceptors (Lipinski definition) is 2. The van der Waals surface area contributed by atoms with Crippen molar-refractivity contribution in [3.8, 4) is 0 Å². The first-order valence-electron chi connectivity index (χ1n) is 5.21. The lowest BCUT2D eigenvalue weighted by Crippen LogP contribution is -1.99. The predicted molar refractivity (Wildman–Crippen MR) is 64.4 cm³/mol. The summed E-state index contributed by atoms with van der Waals surface area (Å²) in [7, 11) is 0. The van der Waals surface area contributed by atoms with Crippen LogP contribution in [-0.4, -0.2) is 20.9 Å². The minimum atomic E-state index is -0.942. The summed E-state index contributed by atoms with van der Waals surface area (Å²) in [4.78, 5) is 10.4. The van der Waals surface area contributed by atoms with E-state index in [0.29, 0.717) is 6.54 Å². The molecule has 86 valence electrons. The Morgan fingerprint density at radius 2 is 2.29 bits per heavy atom. The van der Waals surface area contributed by atoms with Crippen molar-refractivity contribution in [3.05, 3.63) is 59.9 Å². The number of carbonyl (C=O) groups is 1. The normalized spacial score (nSPS) is 10.8. The quantitative estimate of drug-likeness (QED) is 0.814. The summed E-state index contributed by atoms with van der Waals surface area (Å²) in [5, 5.41) is 12.7. The van der Waals surface area contributed by atoms with Crippen molar-refractivity contribution >= 4 is 12.0 Å². The van der Waals surface area contributed by atoms with Crippen molar-refractivity contribution in [2.45, 2.75) is 6.54 Å². The Morgan fingerprint density at radius 3 is 3.00 bits per heavy atom. The molecule has 0 spiro atoms. The number of hydrogen-bond donors (Lipinski definition) is 1. The van der Waals surface area contributed by atoms with Crippen LogP contribution in [0.2, 0.25) is 0 Å². The van der Waals surface area contributed by atoms with Gasteiger partial charge in [0.2, 0.25) is 0 Å². The van der Waals surface area contributed by atoms with Crippen LogP contribution in [0, 0.1) is 0 Å². The van der Waals surface area contributed by atoms with Gasteiger partial charge in [-0.1, -0.05) is 18.2 Å². The van der Waals surface area contributed by atoms with Gasteiger partial charge in [-0.3, -0.25) is 4.68 Å². The fraction of sp³-hybridized carbons (Fsp3) is 0.0769. The van der Waals surface area contributed by atoms with E-state index in [1.165, 1.54) is 0 Å². The molecular weight excluding hydrogens is 216 g/mol. The number of aromatic nitrogens is 2. The highest BCUT2D eigenvalue weighted by atomic mass is 16.4. The zero-order valence-corrected chi connectivity index (χ0v) is 9.15. The Labute approximate surface area is 98.8 Å². The van der Waals surface area contributed by atoms with E-state index in [1.54, 1.807) is 12.3 Å². The second-order valence-electron chi connectivity index (χ2n) is 3.62. The van der Waals surface area contributed by atoms with E-state index >= 15 is 0 Å². The van der Waals surface area contributed by atoms with Crippen LogP contribution in [0.1, 0.15) is 11.1 Å². The standard InChI is InChI=1S/C13H12N2O2/c16-13(17)6-5-11-3-1-4-12(9-11)10-15-8-2-7-14-15/h1-9H,10H2,(H,16,17)/b6-5+. The number of carboxylic acid groups (broad SMARTS) is 1. The van der Waals surface area contributed by atoms with E-state index in [0.717, 1.165) is 17.2 Å².